The molecule has 0 saturated carbocycles. The van der Waals surface area contributed by atoms with E-state index in [9.17, 15) is 54.3 Å². The highest BCUT2D eigenvalue weighted by Crippen LogP contribution is 2.53. The van der Waals surface area contributed by atoms with Crippen LogP contribution < -0.4 is 10.6 Å². The number of carbonyl (C=O) groups is 4. The summed E-state index contributed by atoms with van der Waals surface area (Å²) in [6, 6.07) is 0. The van der Waals surface area contributed by atoms with Crippen LogP contribution in [0.3, 0.4) is 0 Å². The largest absolute Gasteiger partial charge is 0.459 e. The van der Waals surface area contributed by atoms with Crippen molar-refractivity contribution >= 4 is 56.4 Å². The molecule has 0 atom stereocenters. The van der Waals surface area contributed by atoms with Crippen molar-refractivity contribution in [3.05, 3.63) is 32.0 Å². The standard InChI is InChI=1S/C26H28F8N2O6S2/c1-9(2)41-19(37)15-11(5)13(7)43-17(15)35-21(39)23(27,28)25(31,32)26(33,34)24(29,30)22(40)36-18-16(12(6)14(8)44-18)20(38)42-10(3)4/h9-10H,1-8H3,(H,35,39)(H,36,40). The summed E-state index contributed by atoms with van der Waals surface area (Å²) in [6.07, 6.45) is -1.50. The summed E-state index contributed by atoms with van der Waals surface area (Å²) in [5.74, 6) is -36.1. The maximum Gasteiger partial charge on any atom is 0.393 e. The van der Waals surface area contributed by atoms with Gasteiger partial charge in [0.15, 0.2) is 0 Å². The molecule has 2 aromatic rings. The average Bonchev–Trinajstić information content (AvgIpc) is 3.30. The number of hydrogen-bond acceptors (Lipinski definition) is 8. The molecule has 0 bridgehead atoms. The monoisotopic (exact) mass is 680 g/mol. The van der Waals surface area contributed by atoms with Crippen molar-refractivity contribution in [2.45, 2.75) is 91.3 Å². The highest BCUT2D eigenvalue weighted by molar-refractivity contribution is 7.17. The predicted octanol–water partition coefficient (Wildman–Crippen LogP) is 7.29. The molecule has 0 aliphatic rings. The first-order valence-electron chi connectivity index (χ1n) is 12.6. The summed E-state index contributed by atoms with van der Waals surface area (Å²) in [5.41, 5.74) is -0.928. The highest BCUT2D eigenvalue weighted by atomic mass is 32.1. The Morgan fingerprint density at radius 1 is 0.591 bits per heavy atom. The van der Waals surface area contributed by atoms with Crippen molar-refractivity contribution in [2.75, 3.05) is 10.6 Å². The Bertz CT molecular complexity index is 1360. The van der Waals surface area contributed by atoms with Gasteiger partial charge in [-0.2, -0.15) is 35.1 Å². The molecule has 0 aliphatic heterocycles. The molecule has 0 fully saturated rings. The number of rotatable bonds is 11. The highest BCUT2D eigenvalue weighted by Gasteiger charge is 2.84. The predicted molar refractivity (Wildman–Crippen MR) is 146 cm³/mol. The number of anilines is 2. The molecule has 0 spiro atoms. The zero-order valence-electron chi connectivity index (χ0n) is 24.4. The van der Waals surface area contributed by atoms with Crippen LogP contribution >= 0.6 is 22.7 Å². The number of aryl methyl sites for hydroxylation is 2. The van der Waals surface area contributed by atoms with Crippen molar-refractivity contribution in [2.24, 2.45) is 0 Å². The lowest BCUT2D eigenvalue weighted by atomic mass is 9.97. The Balaban J connectivity index is 2.45. The molecule has 0 aliphatic carbocycles. The van der Waals surface area contributed by atoms with Gasteiger partial charge in [-0.1, -0.05) is 0 Å². The molecular formula is C26H28F8N2O6S2. The summed E-state index contributed by atoms with van der Waals surface area (Å²) in [5, 5.41) is 0.883. The van der Waals surface area contributed by atoms with Gasteiger partial charge in [-0.05, 0) is 66.5 Å². The summed E-state index contributed by atoms with van der Waals surface area (Å²) < 4.78 is 127. The molecule has 2 amide bonds. The van der Waals surface area contributed by atoms with E-state index in [1.807, 2.05) is 0 Å². The van der Waals surface area contributed by atoms with E-state index in [1.54, 1.807) is 0 Å². The molecule has 8 nitrogen and oxygen atoms in total. The maximum absolute atomic E-state index is 14.7. The van der Waals surface area contributed by atoms with Crippen LogP contribution in [0, 0.1) is 27.7 Å². The van der Waals surface area contributed by atoms with Crippen molar-refractivity contribution < 1.29 is 63.8 Å². The molecule has 0 saturated heterocycles. The first-order chi connectivity index (χ1) is 19.8. The third kappa shape index (κ3) is 6.55. The fraction of sp³-hybridized carbons (Fsp3) is 0.538. The van der Waals surface area contributed by atoms with Crippen LogP contribution in [0.25, 0.3) is 0 Å². The van der Waals surface area contributed by atoms with Crippen molar-refractivity contribution in [3.63, 3.8) is 0 Å². The molecular weight excluding hydrogens is 652 g/mol. The zero-order chi connectivity index (χ0) is 34.3. The lowest BCUT2D eigenvalue weighted by molar-refractivity contribution is -0.345. The number of ether oxygens (including phenoxy) is 2. The molecule has 18 heteroatoms. The second kappa shape index (κ2) is 12.6. The van der Waals surface area contributed by atoms with Gasteiger partial charge < -0.3 is 20.1 Å². The van der Waals surface area contributed by atoms with E-state index in [4.69, 9.17) is 9.47 Å². The van der Waals surface area contributed by atoms with E-state index < -0.39 is 80.8 Å². The summed E-state index contributed by atoms with van der Waals surface area (Å²) in [6.45, 7) is 11.0. The smallest absolute Gasteiger partial charge is 0.393 e. The van der Waals surface area contributed by atoms with Crippen molar-refractivity contribution in [1.82, 2.24) is 0 Å². The lowest BCUT2D eigenvalue weighted by Crippen LogP contribution is -2.67. The molecule has 2 aromatic heterocycles. The Morgan fingerprint density at radius 3 is 1.11 bits per heavy atom. The topological polar surface area (TPSA) is 111 Å². The SMILES string of the molecule is Cc1sc(NC(=O)C(F)(F)C(F)(F)C(F)(F)C(F)(F)C(=O)Nc2sc(C)c(C)c2C(=O)OC(C)C)c(C(=O)OC(C)C)c1C. The van der Waals surface area contributed by atoms with E-state index in [0.717, 1.165) is 0 Å². The van der Waals surface area contributed by atoms with Crippen LogP contribution in [0.2, 0.25) is 0 Å². The van der Waals surface area contributed by atoms with Gasteiger partial charge >= 0.3 is 47.4 Å². The minimum atomic E-state index is -7.18. The van der Waals surface area contributed by atoms with E-state index in [0.29, 0.717) is 22.7 Å². The van der Waals surface area contributed by atoms with Crippen LogP contribution in [0.1, 0.15) is 69.3 Å². The second-order valence-corrected chi connectivity index (χ2v) is 12.5. The second-order valence-electron chi connectivity index (χ2n) is 10.1. The van der Waals surface area contributed by atoms with Crippen molar-refractivity contribution in [1.29, 1.82) is 0 Å². The van der Waals surface area contributed by atoms with E-state index in [-0.39, 0.29) is 20.9 Å². The van der Waals surface area contributed by atoms with Crippen LogP contribution in [0.15, 0.2) is 0 Å². The molecule has 2 N–H and O–H groups in total. The van der Waals surface area contributed by atoms with Crippen LogP contribution in [-0.2, 0) is 19.1 Å². The number of esters is 2. The maximum atomic E-state index is 14.7. The normalized spacial score (nSPS) is 12.9. The van der Waals surface area contributed by atoms with Crippen LogP contribution in [-0.4, -0.2) is 59.7 Å². The van der Waals surface area contributed by atoms with Crippen LogP contribution in [0.4, 0.5) is 45.1 Å². The minimum Gasteiger partial charge on any atom is -0.459 e. The van der Waals surface area contributed by atoms with Gasteiger partial charge in [-0.15, -0.1) is 22.7 Å². The number of alkyl halides is 8. The number of halogens is 8. The average molecular weight is 681 g/mol. The molecule has 2 rings (SSSR count). The molecule has 0 unspecified atom stereocenters. The minimum absolute atomic E-state index is 0.0789. The first kappa shape index (κ1) is 36.9. The van der Waals surface area contributed by atoms with Gasteiger partial charge in [0.05, 0.1) is 23.3 Å². The molecule has 2 heterocycles. The fourth-order valence-electron chi connectivity index (χ4n) is 3.51. The zero-order valence-corrected chi connectivity index (χ0v) is 26.1. The summed E-state index contributed by atoms with van der Waals surface area (Å²) in [4.78, 5) is 49.8. The fourth-order valence-corrected chi connectivity index (χ4v) is 5.60. The Labute approximate surface area is 254 Å². The van der Waals surface area contributed by atoms with E-state index in [2.05, 4.69) is 0 Å². The van der Waals surface area contributed by atoms with Gasteiger partial charge in [-0.3, -0.25) is 9.59 Å². The van der Waals surface area contributed by atoms with Gasteiger partial charge in [0.2, 0.25) is 0 Å². The van der Waals surface area contributed by atoms with Crippen molar-refractivity contribution in [3.8, 4) is 0 Å². The third-order valence-electron chi connectivity index (χ3n) is 6.07. The van der Waals surface area contributed by atoms with Crippen LogP contribution in [0.5, 0.6) is 0 Å². The molecule has 0 radical (unpaired) electrons. The number of thiophene rings is 2. The molecule has 246 valence electrons. The number of amides is 2. The Hall–Kier alpha value is -3.28. The Kier molecular flexibility index (Phi) is 10.6. The van der Waals surface area contributed by atoms with Gasteiger partial charge in [-0.25, -0.2) is 9.59 Å². The van der Waals surface area contributed by atoms with Gasteiger partial charge in [0.25, 0.3) is 0 Å². The number of carbonyl (C=O) groups excluding carboxylic acids is 4. The van der Waals surface area contributed by atoms with E-state index in [1.165, 1.54) is 66.0 Å². The van der Waals surface area contributed by atoms with E-state index >= 15 is 0 Å². The summed E-state index contributed by atoms with van der Waals surface area (Å²) in [7, 11) is 0. The lowest BCUT2D eigenvalue weighted by Gasteiger charge is -2.35. The summed E-state index contributed by atoms with van der Waals surface area (Å²) >= 11 is 0.867. The Morgan fingerprint density at radius 2 is 0.864 bits per heavy atom. The third-order valence-corrected chi connectivity index (χ3v) is 8.32. The quantitative estimate of drug-likeness (QED) is 0.191. The van der Waals surface area contributed by atoms with Gasteiger partial charge in [0.1, 0.15) is 10.0 Å². The number of nitrogens with one attached hydrogen (secondary N) is 2. The molecule has 44 heavy (non-hydrogen) atoms. The number of hydrogen-bond donors (Lipinski definition) is 2. The molecule has 0 aromatic carbocycles. The van der Waals surface area contributed by atoms with Gasteiger partial charge in [0, 0.05) is 9.75 Å². The first-order valence-corrected chi connectivity index (χ1v) is 14.2.